The summed E-state index contributed by atoms with van der Waals surface area (Å²) in [6.45, 7) is 11.3. The summed E-state index contributed by atoms with van der Waals surface area (Å²) in [5, 5.41) is 8.90. The van der Waals surface area contributed by atoms with Gasteiger partial charge in [-0.15, -0.1) is 0 Å². The van der Waals surface area contributed by atoms with Crippen molar-refractivity contribution in [3.8, 4) is 22.3 Å². The van der Waals surface area contributed by atoms with Gasteiger partial charge in [0.05, 0.1) is 17.9 Å². The summed E-state index contributed by atoms with van der Waals surface area (Å²) in [6, 6.07) is 6.61. The van der Waals surface area contributed by atoms with Gasteiger partial charge in [0, 0.05) is 87.2 Å². The van der Waals surface area contributed by atoms with Gasteiger partial charge in [-0.3, -0.25) is 4.68 Å². The fourth-order valence-electron chi connectivity index (χ4n) is 5.56. The van der Waals surface area contributed by atoms with E-state index in [4.69, 9.17) is 4.98 Å². The van der Waals surface area contributed by atoms with Gasteiger partial charge in [0.15, 0.2) is 0 Å². The van der Waals surface area contributed by atoms with Crippen LogP contribution in [0.2, 0.25) is 0 Å². The minimum Gasteiger partial charge on any atom is -0.353 e. The van der Waals surface area contributed by atoms with E-state index in [0.29, 0.717) is 0 Å². The van der Waals surface area contributed by atoms with Gasteiger partial charge in [0.1, 0.15) is 5.82 Å². The van der Waals surface area contributed by atoms with E-state index in [9.17, 15) is 4.79 Å². The number of aryl methyl sites for hydroxylation is 2. The molecular formula is C28H34N8O. The number of urea groups is 1. The smallest absolute Gasteiger partial charge is 0.320 e. The lowest BCUT2D eigenvalue weighted by atomic mass is 9.93. The lowest BCUT2D eigenvalue weighted by Crippen LogP contribution is -2.52. The molecule has 4 aromatic rings. The minimum atomic E-state index is 0.183. The van der Waals surface area contributed by atoms with Crippen molar-refractivity contribution in [2.75, 3.05) is 44.2 Å². The maximum Gasteiger partial charge on any atom is 0.320 e. The zero-order valence-corrected chi connectivity index (χ0v) is 22.1. The van der Waals surface area contributed by atoms with Crippen LogP contribution in [0, 0.1) is 12.3 Å². The van der Waals surface area contributed by atoms with Crippen LogP contribution in [0.25, 0.3) is 27.8 Å². The van der Waals surface area contributed by atoms with Crippen LogP contribution in [0.15, 0.2) is 49.2 Å². The molecule has 6 rings (SSSR count). The summed E-state index contributed by atoms with van der Waals surface area (Å²) in [7, 11) is 1.92. The number of likely N-dealkylation sites (tertiary alicyclic amines) is 1. The number of piperazine rings is 1. The molecule has 37 heavy (non-hydrogen) atoms. The molecule has 2 fully saturated rings. The maximum atomic E-state index is 13.0. The van der Waals surface area contributed by atoms with Crippen LogP contribution < -0.4 is 4.90 Å². The quantitative estimate of drug-likeness (QED) is 0.426. The first-order valence-electron chi connectivity index (χ1n) is 13.0. The summed E-state index contributed by atoms with van der Waals surface area (Å²) in [6.07, 6.45) is 10.9. The molecular weight excluding hydrogens is 464 g/mol. The largest absolute Gasteiger partial charge is 0.353 e. The molecule has 9 nitrogen and oxygen atoms in total. The number of hydrogen-bond donors (Lipinski definition) is 0. The molecule has 6 heterocycles. The van der Waals surface area contributed by atoms with Crippen LogP contribution in [0.4, 0.5) is 10.6 Å². The van der Waals surface area contributed by atoms with E-state index in [1.54, 1.807) is 0 Å². The molecule has 0 spiro atoms. The molecule has 0 saturated carbocycles. The molecule has 2 aliphatic rings. The molecule has 4 aromatic heterocycles. The number of nitrogens with zero attached hydrogens (tertiary/aromatic N) is 8. The SMILES string of the molecule is Cc1cnn2cc(-c3cnn(C)c3)cc(-c3ccc(N4CCN(C(=O)N5CCC(C)(C)C5)CC4)nc3)c12. The van der Waals surface area contributed by atoms with Crippen molar-refractivity contribution in [1.82, 2.24) is 34.2 Å². The fraction of sp³-hybridized carbons (Fsp3) is 0.429. The highest BCUT2D eigenvalue weighted by Crippen LogP contribution is 2.33. The van der Waals surface area contributed by atoms with E-state index in [1.807, 2.05) is 50.8 Å². The Morgan fingerprint density at radius 2 is 1.70 bits per heavy atom. The lowest BCUT2D eigenvalue weighted by Gasteiger charge is -2.37. The van der Waals surface area contributed by atoms with E-state index < -0.39 is 0 Å². The second-order valence-corrected chi connectivity index (χ2v) is 11.2. The molecule has 0 bridgehead atoms. The topological polar surface area (TPSA) is 74.8 Å². The van der Waals surface area contributed by atoms with Crippen molar-refractivity contribution < 1.29 is 4.79 Å². The monoisotopic (exact) mass is 498 g/mol. The first-order chi connectivity index (χ1) is 17.8. The highest BCUT2D eigenvalue weighted by molar-refractivity contribution is 5.86. The van der Waals surface area contributed by atoms with Crippen LogP contribution in [0.3, 0.4) is 0 Å². The number of rotatable bonds is 3. The number of hydrogen-bond acceptors (Lipinski definition) is 5. The predicted octanol–water partition coefficient (Wildman–Crippen LogP) is 4.08. The molecule has 9 heteroatoms. The van der Waals surface area contributed by atoms with Crippen LogP contribution >= 0.6 is 0 Å². The Hall–Kier alpha value is -3.88. The van der Waals surface area contributed by atoms with Crippen LogP contribution in [0.5, 0.6) is 0 Å². The second kappa shape index (κ2) is 8.90. The second-order valence-electron chi connectivity index (χ2n) is 11.2. The number of fused-ring (bicyclic) bond motifs is 1. The van der Waals surface area contributed by atoms with Crippen LogP contribution in [0.1, 0.15) is 25.8 Å². The normalized spacial score (nSPS) is 17.7. The predicted molar refractivity (Wildman–Crippen MR) is 145 cm³/mol. The third-order valence-electron chi connectivity index (χ3n) is 7.71. The third kappa shape index (κ3) is 4.43. The minimum absolute atomic E-state index is 0.183. The Kier molecular flexibility index (Phi) is 5.66. The molecule has 2 saturated heterocycles. The van der Waals surface area contributed by atoms with E-state index in [1.165, 1.54) is 0 Å². The number of pyridine rings is 2. The lowest BCUT2D eigenvalue weighted by molar-refractivity contribution is 0.155. The Balaban J connectivity index is 1.20. The van der Waals surface area contributed by atoms with Crippen molar-refractivity contribution in [3.63, 3.8) is 0 Å². The number of carbonyl (C=O) groups is 1. The highest BCUT2D eigenvalue weighted by atomic mass is 16.2. The molecule has 0 aliphatic carbocycles. The van der Waals surface area contributed by atoms with Crippen LogP contribution in [-0.4, -0.2) is 79.5 Å². The van der Waals surface area contributed by atoms with Crippen molar-refractivity contribution in [3.05, 3.63) is 54.7 Å². The standard InChI is InChI=1S/C28H34N8O/c1-20-14-31-36-18-22(23-16-30-32(4)17-23)13-24(26(20)36)21-5-6-25(29-15-21)33-9-11-34(12-10-33)27(37)35-8-7-28(2,3)19-35/h5-6,13-18H,7-12,19H2,1-4H3. The van der Waals surface area contributed by atoms with Gasteiger partial charge in [-0.25, -0.2) is 14.3 Å². The molecule has 0 unspecified atom stereocenters. The fourth-order valence-corrected chi connectivity index (χ4v) is 5.56. The summed E-state index contributed by atoms with van der Waals surface area (Å²) in [4.78, 5) is 24.1. The zero-order valence-electron chi connectivity index (χ0n) is 22.1. The van der Waals surface area contributed by atoms with Gasteiger partial charge in [-0.05, 0) is 42.5 Å². The molecule has 0 N–H and O–H groups in total. The number of carbonyl (C=O) groups excluding carboxylic acids is 1. The number of aromatic nitrogens is 5. The van der Waals surface area contributed by atoms with Gasteiger partial charge in [0.2, 0.25) is 0 Å². The van der Waals surface area contributed by atoms with Gasteiger partial charge in [0.25, 0.3) is 0 Å². The highest BCUT2D eigenvalue weighted by Gasteiger charge is 2.35. The van der Waals surface area contributed by atoms with Gasteiger partial charge in [-0.2, -0.15) is 10.2 Å². The van der Waals surface area contributed by atoms with Crippen molar-refractivity contribution in [2.45, 2.75) is 27.2 Å². The Morgan fingerprint density at radius 3 is 2.35 bits per heavy atom. The van der Waals surface area contributed by atoms with E-state index in [-0.39, 0.29) is 11.4 Å². The molecule has 2 aliphatic heterocycles. The third-order valence-corrected chi connectivity index (χ3v) is 7.71. The Morgan fingerprint density at radius 1 is 0.892 bits per heavy atom. The number of amides is 2. The summed E-state index contributed by atoms with van der Waals surface area (Å²) in [5.74, 6) is 0.947. The summed E-state index contributed by atoms with van der Waals surface area (Å²) < 4.78 is 3.75. The van der Waals surface area contributed by atoms with E-state index >= 15 is 0 Å². The average Bonchev–Trinajstić information content (AvgIpc) is 3.61. The zero-order chi connectivity index (χ0) is 25.7. The molecule has 0 radical (unpaired) electrons. The summed E-state index contributed by atoms with van der Waals surface area (Å²) >= 11 is 0. The van der Waals surface area contributed by atoms with Crippen molar-refractivity contribution >= 4 is 17.4 Å². The Labute approximate surface area is 217 Å². The van der Waals surface area contributed by atoms with Gasteiger partial charge < -0.3 is 14.7 Å². The van der Waals surface area contributed by atoms with E-state index in [2.05, 4.69) is 60.3 Å². The van der Waals surface area contributed by atoms with Gasteiger partial charge in [-0.1, -0.05) is 13.8 Å². The molecule has 2 amide bonds. The van der Waals surface area contributed by atoms with Crippen LogP contribution in [-0.2, 0) is 7.05 Å². The molecule has 0 aromatic carbocycles. The first kappa shape index (κ1) is 23.5. The van der Waals surface area contributed by atoms with E-state index in [0.717, 1.165) is 84.8 Å². The van der Waals surface area contributed by atoms with Gasteiger partial charge >= 0.3 is 6.03 Å². The summed E-state index contributed by atoms with van der Waals surface area (Å²) in [5.41, 5.74) is 6.69. The Bertz CT molecular complexity index is 1440. The number of anilines is 1. The van der Waals surface area contributed by atoms with Crippen molar-refractivity contribution in [1.29, 1.82) is 0 Å². The molecule has 0 atom stereocenters. The molecule has 192 valence electrons. The van der Waals surface area contributed by atoms with Crippen molar-refractivity contribution in [2.24, 2.45) is 12.5 Å². The maximum absolute atomic E-state index is 13.0. The first-order valence-corrected chi connectivity index (χ1v) is 13.0. The average molecular weight is 499 g/mol.